The number of carbonyl (C=O) groups is 2. The van der Waals surface area contributed by atoms with Gasteiger partial charge in [0.1, 0.15) is 11.5 Å². The molecule has 0 atom stereocenters. The number of hydrogen-bond donors (Lipinski definition) is 3. The zero-order valence-corrected chi connectivity index (χ0v) is 14.4. The quantitative estimate of drug-likeness (QED) is 0.642. The van der Waals surface area contributed by atoms with Gasteiger partial charge in [-0.2, -0.15) is 0 Å². The largest absolute Gasteiger partial charge is 0.326 e. The fourth-order valence-corrected chi connectivity index (χ4v) is 2.28. The molecular weight excluding hydrogens is 349 g/mol. The Morgan fingerprint density at radius 2 is 1.63 bits per heavy atom. The first kappa shape index (κ1) is 18.0. The number of aromatic nitrogens is 2. The standard InChI is InChI=1S/C19H16FN5O2/c1-12(26)22-14-5-7-15(8-6-14)23-18(27)17-9-10-21-19(25-17)24-16-4-2-3-13(20)11-16/h2-11H,1H3,(H,22,26)(H,23,27)(H,21,24,25). The second-order valence-corrected chi connectivity index (χ2v) is 5.61. The molecule has 0 aliphatic carbocycles. The van der Waals surface area contributed by atoms with E-state index in [-0.39, 0.29) is 17.5 Å². The summed E-state index contributed by atoms with van der Waals surface area (Å²) >= 11 is 0. The van der Waals surface area contributed by atoms with Crippen molar-refractivity contribution in [3.05, 3.63) is 72.3 Å². The molecule has 3 rings (SSSR count). The average Bonchev–Trinajstić information content (AvgIpc) is 2.63. The molecule has 27 heavy (non-hydrogen) atoms. The Morgan fingerprint density at radius 3 is 2.30 bits per heavy atom. The number of hydrogen-bond acceptors (Lipinski definition) is 5. The van der Waals surface area contributed by atoms with Gasteiger partial charge in [-0.25, -0.2) is 14.4 Å². The van der Waals surface area contributed by atoms with Crippen molar-refractivity contribution >= 4 is 34.8 Å². The van der Waals surface area contributed by atoms with E-state index in [1.807, 2.05) is 0 Å². The number of rotatable bonds is 5. The molecule has 2 aromatic carbocycles. The van der Waals surface area contributed by atoms with Crippen LogP contribution in [0.1, 0.15) is 17.4 Å². The summed E-state index contributed by atoms with van der Waals surface area (Å²) in [5, 5.41) is 8.20. The SMILES string of the molecule is CC(=O)Nc1ccc(NC(=O)c2ccnc(Nc3cccc(F)c3)n2)cc1. The van der Waals surface area contributed by atoms with Gasteiger partial charge in [-0.3, -0.25) is 9.59 Å². The van der Waals surface area contributed by atoms with Crippen LogP contribution < -0.4 is 16.0 Å². The minimum Gasteiger partial charge on any atom is -0.326 e. The lowest BCUT2D eigenvalue weighted by Gasteiger charge is -2.08. The van der Waals surface area contributed by atoms with Crippen LogP contribution >= 0.6 is 0 Å². The van der Waals surface area contributed by atoms with E-state index in [2.05, 4.69) is 25.9 Å². The number of amides is 2. The van der Waals surface area contributed by atoms with Gasteiger partial charge >= 0.3 is 0 Å². The van der Waals surface area contributed by atoms with Gasteiger partial charge in [-0.15, -0.1) is 0 Å². The third-order valence-electron chi connectivity index (χ3n) is 3.43. The second-order valence-electron chi connectivity index (χ2n) is 5.61. The van der Waals surface area contributed by atoms with Crippen molar-refractivity contribution < 1.29 is 14.0 Å². The first-order valence-electron chi connectivity index (χ1n) is 8.04. The van der Waals surface area contributed by atoms with E-state index >= 15 is 0 Å². The molecule has 1 heterocycles. The Kier molecular flexibility index (Phi) is 5.36. The monoisotopic (exact) mass is 365 g/mol. The Balaban J connectivity index is 1.69. The van der Waals surface area contributed by atoms with Gasteiger partial charge in [0.2, 0.25) is 11.9 Å². The number of halogens is 1. The van der Waals surface area contributed by atoms with E-state index in [4.69, 9.17) is 0 Å². The average molecular weight is 365 g/mol. The minimum atomic E-state index is -0.424. The number of carbonyl (C=O) groups excluding carboxylic acids is 2. The van der Waals surface area contributed by atoms with E-state index < -0.39 is 11.7 Å². The molecule has 1 aromatic heterocycles. The molecule has 0 radical (unpaired) electrons. The van der Waals surface area contributed by atoms with Crippen molar-refractivity contribution in [2.45, 2.75) is 6.92 Å². The van der Waals surface area contributed by atoms with Crippen LogP contribution in [0.4, 0.5) is 27.4 Å². The number of anilines is 4. The van der Waals surface area contributed by atoms with E-state index in [0.717, 1.165) is 0 Å². The summed E-state index contributed by atoms with van der Waals surface area (Å²) in [5.74, 6) is -0.816. The Hall–Kier alpha value is -3.81. The lowest BCUT2D eigenvalue weighted by atomic mass is 10.2. The molecule has 3 aromatic rings. The number of nitrogens with zero attached hydrogens (tertiary/aromatic N) is 2. The summed E-state index contributed by atoms with van der Waals surface area (Å²) in [4.78, 5) is 31.6. The molecule has 7 nitrogen and oxygen atoms in total. The van der Waals surface area contributed by atoms with Crippen molar-refractivity contribution in [3.63, 3.8) is 0 Å². The van der Waals surface area contributed by atoms with Crippen LogP contribution in [0.2, 0.25) is 0 Å². The van der Waals surface area contributed by atoms with Crippen LogP contribution in [-0.2, 0) is 4.79 Å². The molecule has 0 spiro atoms. The molecule has 8 heteroatoms. The topological polar surface area (TPSA) is 96.0 Å². The van der Waals surface area contributed by atoms with E-state index in [1.54, 1.807) is 36.4 Å². The molecule has 2 amide bonds. The van der Waals surface area contributed by atoms with Gasteiger partial charge in [-0.05, 0) is 48.5 Å². The first-order chi connectivity index (χ1) is 13.0. The fraction of sp³-hybridized carbons (Fsp3) is 0.0526. The van der Waals surface area contributed by atoms with Gasteiger partial charge in [0, 0.05) is 30.2 Å². The highest BCUT2D eigenvalue weighted by Crippen LogP contribution is 2.16. The van der Waals surface area contributed by atoms with Crippen molar-refractivity contribution in [3.8, 4) is 0 Å². The zero-order chi connectivity index (χ0) is 19.2. The van der Waals surface area contributed by atoms with E-state index in [0.29, 0.717) is 17.1 Å². The van der Waals surface area contributed by atoms with E-state index in [9.17, 15) is 14.0 Å². The van der Waals surface area contributed by atoms with Crippen LogP contribution in [0.5, 0.6) is 0 Å². The molecular formula is C19H16FN5O2. The molecule has 136 valence electrons. The predicted octanol–water partition coefficient (Wildman–Crippen LogP) is 3.57. The predicted molar refractivity (Wildman–Crippen MR) is 100 cm³/mol. The van der Waals surface area contributed by atoms with Crippen molar-refractivity contribution in [2.24, 2.45) is 0 Å². The lowest BCUT2D eigenvalue weighted by Crippen LogP contribution is -2.15. The Labute approximate surface area is 154 Å². The maximum atomic E-state index is 13.2. The molecule has 0 fully saturated rings. The highest BCUT2D eigenvalue weighted by atomic mass is 19.1. The third kappa shape index (κ3) is 5.08. The third-order valence-corrected chi connectivity index (χ3v) is 3.43. The minimum absolute atomic E-state index is 0.148. The smallest absolute Gasteiger partial charge is 0.274 e. The second kappa shape index (κ2) is 8.05. The molecule has 3 N–H and O–H groups in total. The van der Waals surface area contributed by atoms with Crippen LogP contribution in [0, 0.1) is 5.82 Å². The van der Waals surface area contributed by atoms with Crippen LogP contribution in [-0.4, -0.2) is 21.8 Å². The highest BCUT2D eigenvalue weighted by molar-refractivity contribution is 6.03. The molecule has 0 saturated carbocycles. The number of benzene rings is 2. The summed E-state index contributed by atoms with van der Waals surface area (Å²) in [6.07, 6.45) is 1.43. The summed E-state index contributed by atoms with van der Waals surface area (Å²) in [6.45, 7) is 1.42. The molecule has 0 saturated heterocycles. The maximum Gasteiger partial charge on any atom is 0.274 e. The zero-order valence-electron chi connectivity index (χ0n) is 14.4. The van der Waals surface area contributed by atoms with Crippen molar-refractivity contribution in [1.29, 1.82) is 0 Å². The van der Waals surface area contributed by atoms with Gasteiger partial charge in [0.15, 0.2) is 0 Å². The Morgan fingerprint density at radius 1 is 0.926 bits per heavy atom. The lowest BCUT2D eigenvalue weighted by molar-refractivity contribution is -0.114. The van der Waals surface area contributed by atoms with Crippen LogP contribution in [0.15, 0.2) is 60.8 Å². The summed E-state index contributed by atoms with van der Waals surface area (Å²) in [5.41, 5.74) is 1.80. The van der Waals surface area contributed by atoms with Gasteiger partial charge in [0.25, 0.3) is 5.91 Å². The van der Waals surface area contributed by atoms with Crippen molar-refractivity contribution in [2.75, 3.05) is 16.0 Å². The maximum absolute atomic E-state index is 13.2. The normalized spacial score (nSPS) is 10.1. The fourth-order valence-electron chi connectivity index (χ4n) is 2.28. The van der Waals surface area contributed by atoms with E-state index in [1.165, 1.54) is 31.3 Å². The molecule has 0 unspecified atom stereocenters. The van der Waals surface area contributed by atoms with Crippen LogP contribution in [0.25, 0.3) is 0 Å². The first-order valence-corrected chi connectivity index (χ1v) is 8.04. The summed E-state index contributed by atoms with van der Waals surface area (Å²) in [6, 6.07) is 14.0. The van der Waals surface area contributed by atoms with Crippen molar-refractivity contribution in [1.82, 2.24) is 9.97 Å². The summed E-state index contributed by atoms with van der Waals surface area (Å²) < 4.78 is 13.2. The van der Waals surface area contributed by atoms with Crippen LogP contribution in [0.3, 0.4) is 0 Å². The summed E-state index contributed by atoms with van der Waals surface area (Å²) in [7, 11) is 0. The number of nitrogens with one attached hydrogen (secondary N) is 3. The van der Waals surface area contributed by atoms with Gasteiger partial charge in [-0.1, -0.05) is 6.07 Å². The Bertz CT molecular complexity index is 976. The highest BCUT2D eigenvalue weighted by Gasteiger charge is 2.10. The molecule has 0 aliphatic heterocycles. The van der Waals surface area contributed by atoms with Gasteiger partial charge < -0.3 is 16.0 Å². The molecule has 0 aliphatic rings. The van der Waals surface area contributed by atoms with Gasteiger partial charge in [0.05, 0.1) is 0 Å². The molecule has 0 bridgehead atoms.